The van der Waals surface area contributed by atoms with Gasteiger partial charge in [0.05, 0.1) is 14.1 Å². The molecule has 0 fully saturated rings. The summed E-state index contributed by atoms with van der Waals surface area (Å²) in [6.45, 7) is 0.763. The first-order valence-corrected chi connectivity index (χ1v) is 7.94. The highest BCUT2D eigenvalue weighted by Gasteiger charge is 2.17. The summed E-state index contributed by atoms with van der Waals surface area (Å²) in [6, 6.07) is 16.9. The zero-order valence-electron chi connectivity index (χ0n) is 13.4. The fourth-order valence-electron chi connectivity index (χ4n) is 2.29. The Bertz CT molecular complexity index is 632. The van der Waals surface area contributed by atoms with Gasteiger partial charge in [-0.1, -0.05) is 48.0 Å². The van der Waals surface area contributed by atoms with E-state index in [1.54, 1.807) is 24.3 Å². The Balaban J connectivity index is 1.95. The summed E-state index contributed by atoms with van der Waals surface area (Å²) in [5, 5.41) is 3.62. The zero-order chi connectivity index (χ0) is 16.7. The van der Waals surface area contributed by atoms with Crippen LogP contribution in [0, 0.1) is 0 Å². The normalized spacial score (nSPS) is 12.0. The SMILES string of the molecule is C[NH+](C)C[C@H](NC(=O)COc1cccc(Cl)c1)c1ccccc1. The minimum absolute atomic E-state index is 0.0353. The van der Waals surface area contributed by atoms with Crippen molar-refractivity contribution < 1.29 is 14.4 Å². The summed E-state index contributed by atoms with van der Waals surface area (Å²) >= 11 is 5.90. The summed E-state index contributed by atoms with van der Waals surface area (Å²) in [5.74, 6) is 0.433. The number of likely N-dealkylation sites (N-methyl/N-ethyl adjacent to an activating group) is 1. The maximum atomic E-state index is 12.2. The number of carbonyl (C=O) groups excluding carboxylic acids is 1. The van der Waals surface area contributed by atoms with Crippen LogP contribution in [0.2, 0.25) is 5.02 Å². The molecule has 0 aliphatic carbocycles. The van der Waals surface area contributed by atoms with Crippen molar-refractivity contribution in [3.63, 3.8) is 0 Å². The number of quaternary nitrogens is 1. The van der Waals surface area contributed by atoms with Crippen molar-refractivity contribution in [2.75, 3.05) is 27.2 Å². The number of ether oxygens (including phenoxy) is 1. The molecule has 2 N–H and O–H groups in total. The molecule has 0 spiro atoms. The van der Waals surface area contributed by atoms with Crippen LogP contribution in [-0.2, 0) is 4.79 Å². The second-order valence-electron chi connectivity index (χ2n) is 5.69. The molecule has 122 valence electrons. The average molecular weight is 334 g/mol. The number of benzene rings is 2. The van der Waals surface area contributed by atoms with E-state index in [2.05, 4.69) is 19.4 Å². The molecule has 4 nitrogen and oxygen atoms in total. The Labute approximate surface area is 142 Å². The maximum absolute atomic E-state index is 12.2. The molecule has 0 saturated carbocycles. The van der Waals surface area contributed by atoms with Crippen LogP contribution in [0.4, 0.5) is 0 Å². The number of halogens is 1. The number of nitrogens with one attached hydrogen (secondary N) is 2. The average Bonchev–Trinajstić information content (AvgIpc) is 2.53. The van der Waals surface area contributed by atoms with Gasteiger partial charge in [0.25, 0.3) is 5.91 Å². The lowest BCUT2D eigenvalue weighted by Gasteiger charge is -2.21. The quantitative estimate of drug-likeness (QED) is 0.810. The van der Waals surface area contributed by atoms with Crippen molar-refractivity contribution in [1.82, 2.24) is 5.32 Å². The van der Waals surface area contributed by atoms with Crippen molar-refractivity contribution in [3.8, 4) is 5.75 Å². The third kappa shape index (κ3) is 5.93. The Morgan fingerprint density at radius 2 is 1.91 bits per heavy atom. The van der Waals surface area contributed by atoms with Gasteiger partial charge in [0.15, 0.2) is 6.61 Å². The highest BCUT2D eigenvalue weighted by molar-refractivity contribution is 6.30. The fourth-order valence-corrected chi connectivity index (χ4v) is 2.47. The molecule has 0 aromatic heterocycles. The molecule has 1 atom stereocenters. The van der Waals surface area contributed by atoms with E-state index < -0.39 is 0 Å². The number of rotatable bonds is 7. The lowest BCUT2D eigenvalue weighted by atomic mass is 10.1. The summed E-state index contributed by atoms with van der Waals surface area (Å²) in [4.78, 5) is 13.4. The largest absolute Gasteiger partial charge is 0.484 e. The Morgan fingerprint density at radius 1 is 1.17 bits per heavy atom. The third-order valence-corrected chi connectivity index (χ3v) is 3.55. The van der Waals surface area contributed by atoms with Gasteiger partial charge in [-0.3, -0.25) is 4.79 Å². The van der Waals surface area contributed by atoms with E-state index in [9.17, 15) is 4.79 Å². The van der Waals surface area contributed by atoms with Crippen LogP contribution in [0.25, 0.3) is 0 Å². The van der Waals surface area contributed by atoms with Crippen LogP contribution < -0.4 is 15.0 Å². The van der Waals surface area contributed by atoms with Crippen LogP contribution in [0.1, 0.15) is 11.6 Å². The molecule has 0 radical (unpaired) electrons. The highest BCUT2D eigenvalue weighted by atomic mass is 35.5. The molecular weight excluding hydrogens is 312 g/mol. The van der Waals surface area contributed by atoms with Gasteiger partial charge in [-0.15, -0.1) is 0 Å². The Morgan fingerprint density at radius 3 is 2.57 bits per heavy atom. The molecule has 0 heterocycles. The molecule has 0 bridgehead atoms. The maximum Gasteiger partial charge on any atom is 0.258 e. The molecule has 0 aliphatic rings. The standard InChI is InChI=1S/C18H21ClN2O2/c1-21(2)12-17(14-7-4-3-5-8-14)20-18(22)13-23-16-10-6-9-15(19)11-16/h3-11,17H,12-13H2,1-2H3,(H,20,22)/p+1/t17-/m0/s1. The Kier molecular flexibility index (Phi) is 6.44. The van der Waals surface area contributed by atoms with E-state index in [-0.39, 0.29) is 18.6 Å². The Hall–Kier alpha value is -2.04. The van der Waals surface area contributed by atoms with E-state index in [4.69, 9.17) is 16.3 Å². The van der Waals surface area contributed by atoms with Crippen molar-refractivity contribution >= 4 is 17.5 Å². The van der Waals surface area contributed by atoms with Crippen molar-refractivity contribution in [2.45, 2.75) is 6.04 Å². The first-order chi connectivity index (χ1) is 11.0. The van der Waals surface area contributed by atoms with Crippen molar-refractivity contribution in [2.24, 2.45) is 0 Å². The van der Waals surface area contributed by atoms with Crippen LogP contribution in [-0.4, -0.2) is 33.2 Å². The molecule has 0 unspecified atom stereocenters. The van der Waals surface area contributed by atoms with Gasteiger partial charge >= 0.3 is 0 Å². The summed E-state index contributed by atoms with van der Waals surface area (Å²) in [7, 11) is 4.12. The predicted molar refractivity (Wildman–Crippen MR) is 92.0 cm³/mol. The monoisotopic (exact) mass is 333 g/mol. The van der Waals surface area contributed by atoms with Gasteiger partial charge in [0, 0.05) is 5.02 Å². The number of amides is 1. The van der Waals surface area contributed by atoms with Crippen LogP contribution in [0.3, 0.4) is 0 Å². The van der Waals surface area contributed by atoms with E-state index in [0.717, 1.165) is 12.1 Å². The molecule has 0 aliphatic heterocycles. The van der Waals surface area contributed by atoms with Gasteiger partial charge in [0.1, 0.15) is 18.3 Å². The van der Waals surface area contributed by atoms with E-state index in [1.807, 2.05) is 30.3 Å². The molecule has 2 aromatic carbocycles. The van der Waals surface area contributed by atoms with Gasteiger partial charge in [-0.2, -0.15) is 0 Å². The number of hydrogen-bond acceptors (Lipinski definition) is 2. The first-order valence-electron chi connectivity index (χ1n) is 7.56. The zero-order valence-corrected chi connectivity index (χ0v) is 14.1. The van der Waals surface area contributed by atoms with Gasteiger partial charge in [0.2, 0.25) is 0 Å². The van der Waals surface area contributed by atoms with Gasteiger partial charge < -0.3 is 15.0 Å². The van der Waals surface area contributed by atoms with Crippen molar-refractivity contribution in [3.05, 3.63) is 65.2 Å². The molecule has 23 heavy (non-hydrogen) atoms. The highest BCUT2D eigenvalue weighted by Crippen LogP contribution is 2.17. The van der Waals surface area contributed by atoms with E-state index in [0.29, 0.717) is 10.8 Å². The molecule has 2 rings (SSSR count). The van der Waals surface area contributed by atoms with Gasteiger partial charge in [-0.05, 0) is 23.8 Å². The summed E-state index contributed by atoms with van der Waals surface area (Å²) in [5.41, 5.74) is 1.09. The molecule has 2 aromatic rings. The fraction of sp³-hybridized carbons (Fsp3) is 0.278. The second-order valence-corrected chi connectivity index (χ2v) is 6.12. The molecular formula is C18H22ClN2O2+. The van der Waals surface area contributed by atoms with Crippen molar-refractivity contribution in [1.29, 1.82) is 0 Å². The minimum atomic E-state index is -0.153. The second kappa shape index (κ2) is 8.56. The molecule has 0 saturated heterocycles. The van der Waals surface area contributed by atoms with E-state index in [1.165, 1.54) is 4.90 Å². The smallest absolute Gasteiger partial charge is 0.258 e. The number of carbonyl (C=O) groups is 1. The summed E-state index contributed by atoms with van der Waals surface area (Å²) in [6.07, 6.45) is 0. The predicted octanol–water partition coefficient (Wildman–Crippen LogP) is 1.72. The first kappa shape index (κ1) is 17.3. The van der Waals surface area contributed by atoms with Crippen LogP contribution in [0.5, 0.6) is 5.75 Å². The lowest BCUT2D eigenvalue weighted by molar-refractivity contribution is -0.860. The van der Waals surface area contributed by atoms with E-state index >= 15 is 0 Å². The topological polar surface area (TPSA) is 42.8 Å². The molecule has 5 heteroatoms. The molecule has 1 amide bonds. The summed E-state index contributed by atoms with van der Waals surface area (Å²) < 4.78 is 5.49. The minimum Gasteiger partial charge on any atom is -0.484 e. The van der Waals surface area contributed by atoms with Gasteiger partial charge in [-0.25, -0.2) is 0 Å². The van der Waals surface area contributed by atoms with Crippen LogP contribution >= 0.6 is 11.6 Å². The van der Waals surface area contributed by atoms with Crippen LogP contribution in [0.15, 0.2) is 54.6 Å². The lowest BCUT2D eigenvalue weighted by Crippen LogP contribution is -3.06. The third-order valence-electron chi connectivity index (χ3n) is 3.32. The number of hydrogen-bond donors (Lipinski definition) is 2.